The molecule has 0 unspecified atom stereocenters. The Morgan fingerprint density at radius 3 is 2.81 bits per heavy atom. The Morgan fingerprint density at radius 1 is 1.16 bits per heavy atom. The molecule has 0 aromatic heterocycles. The summed E-state index contributed by atoms with van der Waals surface area (Å²) in [7, 11) is 0. The molecule has 0 saturated heterocycles. The van der Waals surface area contributed by atoms with Gasteiger partial charge in [0.2, 0.25) is 11.8 Å². The number of hydrogen-bond donors (Lipinski definition) is 2. The molecule has 5 rings (SSSR count). The van der Waals surface area contributed by atoms with Gasteiger partial charge in [-0.05, 0) is 86.0 Å². The molecule has 2 amide bonds. The molecule has 3 fully saturated rings. The quantitative estimate of drug-likeness (QED) is 0.748. The maximum absolute atomic E-state index is 13.3. The second-order valence-corrected chi connectivity index (χ2v) is 10.6. The Labute approximate surface area is 184 Å². The van der Waals surface area contributed by atoms with E-state index in [4.69, 9.17) is 5.26 Å². The van der Waals surface area contributed by atoms with Crippen molar-refractivity contribution >= 4 is 17.5 Å². The lowest BCUT2D eigenvalue weighted by molar-refractivity contribution is -0.129. The summed E-state index contributed by atoms with van der Waals surface area (Å²) in [6.07, 6.45) is 10.3. The molecule has 3 saturated carbocycles. The van der Waals surface area contributed by atoms with E-state index in [0.29, 0.717) is 29.0 Å². The third-order valence-electron chi connectivity index (χ3n) is 9.26. The van der Waals surface area contributed by atoms with Crippen LogP contribution in [0, 0.1) is 45.8 Å². The van der Waals surface area contributed by atoms with Crippen LogP contribution in [0.5, 0.6) is 0 Å². The van der Waals surface area contributed by atoms with E-state index in [2.05, 4.69) is 36.6 Å². The van der Waals surface area contributed by atoms with E-state index in [-0.39, 0.29) is 34.6 Å². The van der Waals surface area contributed by atoms with Gasteiger partial charge in [0.25, 0.3) is 0 Å². The van der Waals surface area contributed by atoms with Gasteiger partial charge >= 0.3 is 0 Å². The second-order valence-electron chi connectivity index (χ2n) is 10.6. The third-order valence-corrected chi connectivity index (χ3v) is 9.26. The number of nitriles is 1. The molecular formula is C26H31N3O2. The number of carbonyl (C=O) groups is 2. The molecule has 4 aliphatic rings. The average molecular weight is 418 g/mol. The minimum atomic E-state index is 0.0105. The molecule has 3 aliphatic carbocycles. The lowest BCUT2D eigenvalue weighted by Crippen LogP contribution is -2.59. The zero-order chi connectivity index (χ0) is 21.8. The van der Waals surface area contributed by atoms with Gasteiger partial charge in [0.05, 0.1) is 11.6 Å². The smallest absolute Gasteiger partial charge is 0.243 e. The summed E-state index contributed by atoms with van der Waals surface area (Å²) in [5, 5.41) is 15.4. The predicted octanol–water partition coefficient (Wildman–Crippen LogP) is 4.41. The molecule has 0 bridgehead atoms. The van der Waals surface area contributed by atoms with E-state index in [9.17, 15) is 9.59 Å². The minimum Gasteiger partial charge on any atom is -0.349 e. The van der Waals surface area contributed by atoms with Gasteiger partial charge < -0.3 is 10.6 Å². The SMILES string of the molecule is C[C@]12C=CC(=O)N[C@@H]1CC[C@@H]1[C@@H]2CC[C@]2(C)[C@@H](C(=O)Nc3cccc(C#N)c3)CC[C@@H]12. The van der Waals surface area contributed by atoms with E-state index >= 15 is 0 Å². The first-order valence-corrected chi connectivity index (χ1v) is 11.7. The van der Waals surface area contributed by atoms with Crippen molar-refractivity contribution in [1.82, 2.24) is 5.32 Å². The van der Waals surface area contributed by atoms with Crippen LogP contribution in [-0.4, -0.2) is 17.9 Å². The number of fused-ring (bicyclic) bond motifs is 5. The first-order chi connectivity index (χ1) is 14.8. The zero-order valence-corrected chi connectivity index (χ0v) is 18.4. The van der Waals surface area contributed by atoms with Crippen LogP contribution in [0.1, 0.15) is 57.9 Å². The first kappa shape index (κ1) is 20.3. The maximum atomic E-state index is 13.3. The fourth-order valence-corrected chi connectivity index (χ4v) is 7.66. The fraction of sp³-hybridized carbons (Fsp3) is 0.577. The van der Waals surface area contributed by atoms with Crippen molar-refractivity contribution in [3.8, 4) is 6.07 Å². The van der Waals surface area contributed by atoms with Crippen molar-refractivity contribution in [2.24, 2.45) is 34.5 Å². The Morgan fingerprint density at radius 2 is 2.00 bits per heavy atom. The van der Waals surface area contributed by atoms with Gasteiger partial charge in [-0.25, -0.2) is 0 Å². The number of rotatable bonds is 2. The van der Waals surface area contributed by atoms with Crippen molar-refractivity contribution in [2.45, 2.75) is 58.4 Å². The summed E-state index contributed by atoms with van der Waals surface area (Å²) >= 11 is 0. The summed E-state index contributed by atoms with van der Waals surface area (Å²) in [6.45, 7) is 4.66. The van der Waals surface area contributed by atoms with Gasteiger partial charge in [0.15, 0.2) is 0 Å². The average Bonchev–Trinajstić information content (AvgIpc) is 3.11. The number of hydrogen-bond acceptors (Lipinski definition) is 3. The van der Waals surface area contributed by atoms with Gasteiger partial charge in [0, 0.05) is 23.1 Å². The van der Waals surface area contributed by atoms with Crippen LogP contribution >= 0.6 is 0 Å². The highest BCUT2D eigenvalue weighted by Crippen LogP contribution is 2.65. The van der Waals surface area contributed by atoms with Crippen LogP contribution in [0.4, 0.5) is 5.69 Å². The summed E-state index contributed by atoms with van der Waals surface area (Å²) in [5.74, 6) is 1.88. The Bertz CT molecular complexity index is 995. The molecule has 7 atom stereocenters. The van der Waals surface area contributed by atoms with E-state index in [0.717, 1.165) is 38.5 Å². The monoisotopic (exact) mass is 417 g/mol. The molecule has 1 aromatic carbocycles. The van der Waals surface area contributed by atoms with Crippen LogP contribution < -0.4 is 10.6 Å². The van der Waals surface area contributed by atoms with Crippen LogP contribution in [0.15, 0.2) is 36.4 Å². The maximum Gasteiger partial charge on any atom is 0.243 e. The largest absolute Gasteiger partial charge is 0.349 e. The fourth-order valence-electron chi connectivity index (χ4n) is 7.66. The lowest BCUT2D eigenvalue weighted by atomic mass is 9.48. The molecule has 2 N–H and O–H groups in total. The van der Waals surface area contributed by atoms with E-state index in [1.807, 2.05) is 12.1 Å². The summed E-state index contributed by atoms with van der Waals surface area (Å²) in [4.78, 5) is 25.2. The molecular weight excluding hydrogens is 386 g/mol. The molecule has 31 heavy (non-hydrogen) atoms. The lowest BCUT2D eigenvalue weighted by Gasteiger charge is -2.58. The number of anilines is 1. The molecule has 1 aromatic rings. The predicted molar refractivity (Wildman–Crippen MR) is 119 cm³/mol. The highest BCUT2D eigenvalue weighted by molar-refractivity contribution is 5.93. The molecule has 0 spiro atoms. The van der Waals surface area contributed by atoms with Gasteiger partial charge in [-0.15, -0.1) is 0 Å². The highest BCUT2D eigenvalue weighted by Gasteiger charge is 2.60. The van der Waals surface area contributed by atoms with Crippen LogP contribution in [0.2, 0.25) is 0 Å². The van der Waals surface area contributed by atoms with Gasteiger partial charge in [-0.1, -0.05) is 26.0 Å². The van der Waals surface area contributed by atoms with Gasteiger partial charge in [0.1, 0.15) is 0 Å². The van der Waals surface area contributed by atoms with Crippen molar-refractivity contribution in [3.63, 3.8) is 0 Å². The normalized spacial score (nSPS) is 40.7. The summed E-state index contributed by atoms with van der Waals surface area (Å²) in [6, 6.07) is 9.55. The van der Waals surface area contributed by atoms with Crippen molar-refractivity contribution in [2.75, 3.05) is 5.32 Å². The van der Waals surface area contributed by atoms with E-state index in [1.54, 1.807) is 18.2 Å². The summed E-state index contributed by atoms with van der Waals surface area (Å²) < 4.78 is 0. The van der Waals surface area contributed by atoms with Gasteiger partial charge in [-0.3, -0.25) is 9.59 Å². The number of benzene rings is 1. The van der Waals surface area contributed by atoms with Gasteiger partial charge in [-0.2, -0.15) is 5.26 Å². The van der Waals surface area contributed by atoms with Crippen LogP contribution in [0.3, 0.4) is 0 Å². The minimum absolute atomic E-state index is 0.0105. The number of nitrogens with one attached hydrogen (secondary N) is 2. The Hall–Kier alpha value is -2.61. The molecule has 5 nitrogen and oxygen atoms in total. The van der Waals surface area contributed by atoms with E-state index in [1.165, 1.54) is 0 Å². The zero-order valence-electron chi connectivity index (χ0n) is 18.4. The summed E-state index contributed by atoms with van der Waals surface area (Å²) in [5.41, 5.74) is 1.31. The molecule has 1 heterocycles. The van der Waals surface area contributed by atoms with E-state index < -0.39 is 0 Å². The van der Waals surface area contributed by atoms with Crippen molar-refractivity contribution in [1.29, 1.82) is 5.26 Å². The first-order valence-electron chi connectivity index (χ1n) is 11.7. The number of amides is 2. The number of carbonyl (C=O) groups excluding carboxylic acids is 2. The molecule has 162 valence electrons. The number of nitrogens with zero attached hydrogens (tertiary/aromatic N) is 1. The van der Waals surface area contributed by atoms with Crippen LogP contribution in [-0.2, 0) is 9.59 Å². The molecule has 0 radical (unpaired) electrons. The van der Waals surface area contributed by atoms with Crippen molar-refractivity contribution in [3.05, 3.63) is 42.0 Å². The standard InChI is InChI=1S/C26H31N3O2/c1-25-12-10-20-18(6-9-22-26(20,2)13-11-23(30)29-22)19(25)7-8-21(25)24(31)28-17-5-3-4-16(14-17)15-27/h3-5,11,13-14,18-22H,6-10,12H2,1-2H3,(H,28,31)(H,29,30)/t18-,19-,20-,21+,22+,25-,26+/m0/s1. The Kier molecular flexibility index (Phi) is 4.73. The van der Waals surface area contributed by atoms with Crippen molar-refractivity contribution < 1.29 is 9.59 Å². The highest BCUT2D eigenvalue weighted by atomic mass is 16.2. The second kappa shape index (κ2) is 7.22. The topological polar surface area (TPSA) is 82.0 Å². The molecule has 1 aliphatic heterocycles. The Balaban J connectivity index is 1.36. The third kappa shape index (κ3) is 3.11. The molecule has 5 heteroatoms. The van der Waals surface area contributed by atoms with Crippen LogP contribution in [0.25, 0.3) is 0 Å².